The van der Waals surface area contributed by atoms with Crippen molar-refractivity contribution in [3.05, 3.63) is 130 Å². The predicted molar refractivity (Wildman–Crippen MR) is 189 cm³/mol. The summed E-state index contributed by atoms with van der Waals surface area (Å²) in [6.45, 7) is 8.57. The standard InChI is InChI=1S/C26H23F3N2O4.C14H13N/c1-15-20-13-17(11-12-19(20)22(32)35-31-15)30-23(33)25(34,26(27,28)29)14-24(2,3)21-10-6-8-16-7-4-5-9-18(16)21;1-14(2,10-15)13-9-5-7-11-6-3-4-8-12(11)13/h4-13,34H,14H2,1-3H3,(H,30,33);3-9H,1-2H3. The Morgan fingerprint density at radius 1 is 0.800 bits per heavy atom. The summed E-state index contributed by atoms with van der Waals surface area (Å²) in [4.78, 5) is 24.8. The number of benzene rings is 5. The monoisotopic (exact) mass is 679 g/mol. The zero-order valence-corrected chi connectivity index (χ0v) is 28.2. The molecular formula is C40H36F3N3O4. The number of nitrogens with one attached hydrogen (secondary N) is 1. The molecule has 0 bridgehead atoms. The van der Waals surface area contributed by atoms with E-state index in [0.29, 0.717) is 16.6 Å². The summed E-state index contributed by atoms with van der Waals surface area (Å²) in [5.41, 5.74) is -4.10. The van der Waals surface area contributed by atoms with Crippen molar-refractivity contribution in [3.63, 3.8) is 0 Å². The van der Waals surface area contributed by atoms with E-state index in [9.17, 15) is 27.9 Å². The van der Waals surface area contributed by atoms with Gasteiger partial charge >= 0.3 is 11.8 Å². The molecule has 2 N–H and O–H groups in total. The van der Waals surface area contributed by atoms with Gasteiger partial charge in [0, 0.05) is 17.5 Å². The van der Waals surface area contributed by atoms with Crippen molar-refractivity contribution in [1.29, 1.82) is 5.26 Å². The Bertz CT molecular complexity index is 2310. The van der Waals surface area contributed by atoms with Crippen molar-refractivity contribution < 1.29 is 27.6 Å². The van der Waals surface area contributed by atoms with Crippen LogP contribution in [-0.4, -0.2) is 27.9 Å². The smallest absolute Gasteiger partial charge is 0.373 e. The van der Waals surface area contributed by atoms with E-state index in [0.717, 1.165) is 16.3 Å². The molecule has 6 rings (SSSR count). The van der Waals surface area contributed by atoms with Crippen molar-refractivity contribution >= 4 is 43.9 Å². The van der Waals surface area contributed by atoms with Gasteiger partial charge in [-0.25, -0.2) is 4.79 Å². The third kappa shape index (κ3) is 6.96. The zero-order chi connectivity index (χ0) is 36.5. The first-order valence-electron chi connectivity index (χ1n) is 15.9. The highest BCUT2D eigenvalue weighted by Crippen LogP contribution is 2.43. The van der Waals surface area contributed by atoms with Gasteiger partial charge in [-0.05, 0) is 77.1 Å². The number of alkyl halides is 3. The summed E-state index contributed by atoms with van der Waals surface area (Å²) in [5, 5.41) is 30.2. The normalized spacial score (nSPS) is 13.3. The summed E-state index contributed by atoms with van der Waals surface area (Å²) in [6.07, 6.45) is -6.17. The summed E-state index contributed by atoms with van der Waals surface area (Å²) >= 11 is 0. The number of amides is 1. The number of aliphatic hydroxyl groups is 1. The van der Waals surface area contributed by atoms with E-state index in [4.69, 9.17) is 5.26 Å². The molecule has 6 aromatic rings. The fourth-order valence-corrected chi connectivity index (χ4v) is 6.23. The topological polar surface area (TPSA) is 116 Å². The summed E-state index contributed by atoms with van der Waals surface area (Å²) < 4.78 is 47.3. The Labute approximate surface area is 287 Å². The quantitative estimate of drug-likeness (QED) is 0.182. The van der Waals surface area contributed by atoms with Gasteiger partial charge in [0.2, 0.25) is 5.60 Å². The van der Waals surface area contributed by atoms with Crippen LogP contribution in [0.4, 0.5) is 18.9 Å². The number of rotatable bonds is 6. The molecule has 1 atom stereocenters. The molecule has 1 amide bonds. The van der Waals surface area contributed by atoms with Gasteiger partial charge in [-0.1, -0.05) is 104 Å². The number of hydrogen-bond acceptors (Lipinski definition) is 6. The minimum atomic E-state index is -5.26. The molecule has 0 aliphatic rings. The Morgan fingerprint density at radius 3 is 1.92 bits per heavy atom. The molecule has 0 aliphatic carbocycles. The molecule has 5 aromatic carbocycles. The lowest BCUT2D eigenvalue weighted by molar-refractivity contribution is -0.254. The van der Waals surface area contributed by atoms with E-state index in [1.807, 2.05) is 56.3 Å². The van der Waals surface area contributed by atoms with Crippen LogP contribution in [0.15, 0.2) is 112 Å². The van der Waals surface area contributed by atoms with Gasteiger partial charge in [-0.2, -0.15) is 18.4 Å². The van der Waals surface area contributed by atoms with Crippen molar-refractivity contribution in [2.24, 2.45) is 0 Å². The Balaban J connectivity index is 0.000000269. The Hall–Kier alpha value is -5.53. The van der Waals surface area contributed by atoms with Crippen LogP contribution >= 0.6 is 0 Å². The average Bonchev–Trinajstić information content (AvgIpc) is 3.09. The number of nitriles is 1. The number of carbonyl (C=O) groups is 1. The minimum Gasteiger partial charge on any atom is -0.373 e. The molecule has 0 radical (unpaired) electrons. The summed E-state index contributed by atoms with van der Waals surface area (Å²) in [6, 6.07) is 33.1. The van der Waals surface area contributed by atoms with E-state index in [2.05, 4.69) is 39.3 Å². The van der Waals surface area contributed by atoms with E-state index in [-0.39, 0.29) is 11.1 Å². The fourth-order valence-electron chi connectivity index (χ4n) is 6.23. The number of fused-ring (bicyclic) bond motifs is 3. The lowest BCUT2D eigenvalue weighted by Gasteiger charge is -2.37. The largest absolute Gasteiger partial charge is 0.426 e. The lowest BCUT2D eigenvalue weighted by Crippen LogP contribution is -2.57. The van der Waals surface area contributed by atoms with E-state index >= 15 is 0 Å². The molecule has 0 saturated carbocycles. The van der Waals surface area contributed by atoms with Crippen molar-refractivity contribution in [2.75, 3.05) is 5.32 Å². The van der Waals surface area contributed by atoms with Gasteiger partial charge in [0.15, 0.2) is 0 Å². The maximum atomic E-state index is 14.2. The van der Waals surface area contributed by atoms with Crippen LogP contribution in [0.3, 0.4) is 0 Å². The van der Waals surface area contributed by atoms with Gasteiger partial charge in [0.1, 0.15) is 0 Å². The zero-order valence-electron chi connectivity index (χ0n) is 28.2. The molecule has 1 heterocycles. The molecule has 0 saturated heterocycles. The van der Waals surface area contributed by atoms with Crippen LogP contribution in [0.1, 0.15) is 50.9 Å². The number of carbonyl (C=O) groups excluding carboxylic acids is 1. The highest BCUT2D eigenvalue weighted by Gasteiger charge is 2.61. The number of aryl methyl sites for hydroxylation is 1. The molecule has 10 heteroatoms. The third-order valence-electron chi connectivity index (χ3n) is 8.96. The molecule has 0 aliphatic heterocycles. The predicted octanol–water partition coefficient (Wildman–Crippen LogP) is 8.89. The van der Waals surface area contributed by atoms with E-state index in [1.54, 1.807) is 45.0 Å². The average molecular weight is 680 g/mol. The number of hydrogen-bond donors (Lipinski definition) is 2. The van der Waals surface area contributed by atoms with Gasteiger partial charge in [-0.3, -0.25) is 4.79 Å². The highest BCUT2D eigenvalue weighted by molar-refractivity contribution is 6.00. The van der Waals surface area contributed by atoms with Crippen LogP contribution in [0, 0.1) is 18.3 Å². The number of anilines is 1. The molecular weight excluding hydrogens is 643 g/mol. The van der Waals surface area contributed by atoms with Crippen LogP contribution in [-0.2, 0) is 15.6 Å². The number of aromatic nitrogens is 1. The molecule has 50 heavy (non-hydrogen) atoms. The maximum absolute atomic E-state index is 14.2. The summed E-state index contributed by atoms with van der Waals surface area (Å²) in [5.74, 6) is -1.62. The van der Waals surface area contributed by atoms with Crippen LogP contribution in [0.25, 0.3) is 32.3 Å². The first kappa shape index (κ1) is 35.8. The van der Waals surface area contributed by atoms with Gasteiger partial charge in [-0.15, -0.1) is 0 Å². The fraction of sp³-hybridized carbons (Fsp3) is 0.250. The second kappa shape index (κ2) is 13.4. The van der Waals surface area contributed by atoms with Crippen molar-refractivity contribution in [1.82, 2.24) is 5.16 Å². The van der Waals surface area contributed by atoms with Crippen LogP contribution in [0.5, 0.6) is 0 Å². The molecule has 1 unspecified atom stereocenters. The van der Waals surface area contributed by atoms with Crippen LogP contribution in [0.2, 0.25) is 0 Å². The first-order chi connectivity index (χ1) is 23.5. The summed E-state index contributed by atoms with van der Waals surface area (Å²) in [7, 11) is 0. The molecule has 1 aromatic heterocycles. The lowest BCUT2D eigenvalue weighted by atomic mass is 9.73. The molecule has 256 valence electrons. The number of nitrogens with zero attached hydrogens (tertiary/aromatic N) is 2. The van der Waals surface area contributed by atoms with Gasteiger partial charge < -0.3 is 14.9 Å². The second-order valence-electron chi connectivity index (χ2n) is 13.5. The van der Waals surface area contributed by atoms with E-state index < -0.39 is 40.6 Å². The minimum absolute atomic E-state index is 0.0244. The number of halogens is 3. The van der Waals surface area contributed by atoms with Crippen molar-refractivity contribution in [3.8, 4) is 6.07 Å². The molecule has 7 nitrogen and oxygen atoms in total. The highest BCUT2D eigenvalue weighted by atomic mass is 19.4. The maximum Gasteiger partial charge on any atom is 0.426 e. The first-order valence-corrected chi connectivity index (χ1v) is 15.9. The van der Waals surface area contributed by atoms with Gasteiger partial charge in [0.05, 0.1) is 22.6 Å². The molecule has 0 spiro atoms. The third-order valence-corrected chi connectivity index (χ3v) is 8.96. The second-order valence-corrected chi connectivity index (χ2v) is 13.5. The van der Waals surface area contributed by atoms with E-state index in [1.165, 1.54) is 29.0 Å². The Kier molecular flexibility index (Phi) is 9.59. The molecule has 0 fully saturated rings. The Morgan fingerprint density at radius 2 is 1.34 bits per heavy atom. The van der Waals surface area contributed by atoms with Gasteiger partial charge in [0.25, 0.3) is 5.91 Å². The van der Waals surface area contributed by atoms with Crippen LogP contribution < -0.4 is 10.9 Å². The SMILES string of the molecule is CC(C)(C#N)c1cccc2ccccc12.Cc1noc(=O)c2ccc(NC(=O)C(O)(CC(C)(C)c3cccc4ccccc34)C(F)(F)F)cc12. The van der Waals surface area contributed by atoms with Crippen molar-refractivity contribution in [2.45, 2.75) is 63.6 Å².